The van der Waals surface area contributed by atoms with Crippen molar-refractivity contribution in [3.63, 3.8) is 0 Å². The summed E-state index contributed by atoms with van der Waals surface area (Å²) in [6.45, 7) is 0.213. The molecule has 0 atom stereocenters. The second-order valence-electron chi connectivity index (χ2n) is 4.70. The lowest BCUT2D eigenvalue weighted by Gasteiger charge is -2.17. The zero-order valence-electron chi connectivity index (χ0n) is 11.6. The number of nitrogens with one attached hydrogen (secondary N) is 1. The topological polar surface area (TPSA) is 117 Å². The van der Waals surface area contributed by atoms with Crippen molar-refractivity contribution in [2.75, 3.05) is 7.05 Å². The summed E-state index contributed by atoms with van der Waals surface area (Å²) in [5.41, 5.74) is 0.158. The maximum atomic E-state index is 12.2. The Labute approximate surface area is 124 Å². The third-order valence-electron chi connectivity index (χ3n) is 2.99. The molecular weight excluding hydrogens is 290 g/mol. The smallest absolute Gasteiger partial charge is 0.269 e. The van der Waals surface area contributed by atoms with Crippen molar-refractivity contribution < 1.29 is 14.8 Å². The van der Waals surface area contributed by atoms with Gasteiger partial charge in [0.25, 0.3) is 17.2 Å². The van der Waals surface area contributed by atoms with Crippen LogP contribution in [0.1, 0.15) is 15.9 Å². The maximum absolute atomic E-state index is 12.2. The molecule has 1 aromatic heterocycles. The fourth-order valence-electron chi connectivity index (χ4n) is 1.94. The summed E-state index contributed by atoms with van der Waals surface area (Å²) in [4.78, 5) is 37.0. The molecule has 0 radical (unpaired) electrons. The number of nitro groups is 1. The van der Waals surface area contributed by atoms with Gasteiger partial charge in [-0.2, -0.15) is 0 Å². The SMILES string of the molecule is CN(Cc1ccc([N+](=O)[O-])cc1)C(=O)c1cc(O)[nH]c(=O)c1. The van der Waals surface area contributed by atoms with Crippen LogP contribution in [-0.2, 0) is 6.54 Å². The molecule has 0 saturated carbocycles. The number of pyridine rings is 1. The van der Waals surface area contributed by atoms with Gasteiger partial charge in [0.1, 0.15) is 0 Å². The Bertz CT molecular complexity index is 767. The molecule has 2 rings (SSSR count). The first kappa shape index (κ1) is 15.2. The predicted molar refractivity (Wildman–Crippen MR) is 77.6 cm³/mol. The fraction of sp³-hybridized carbons (Fsp3) is 0.143. The van der Waals surface area contributed by atoms with E-state index in [1.165, 1.54) is 24.1 Å². The highest BCUT2D eigenvalue weighted by Gasteiger charge is 2.14. The van der Waals surface area contributed by atoms with Gasteiger partial charge in [0.05, 0.1) is 10.5 Å². The van der Waals surface area contributed by atoms with Gasteiger partial charge < -0.3 is 10.0 Å². The second kappa shape index (κ2) is 6.08. The minimum Gasteiger partial charge on any atom is -0.494 e. The van der Waals surface area contributed by atoms with Gasteiger partial charge in [-0.15, -0.1) is 0 Å². The Morgan fingerprint density at radius 3 is 2.50 bits per heavy atom. The first-order chi connectivity index (χ1) is 10.4. The van der Waals surface area contributed by atoms with Crippen LogP contribution in [0.15, 0.2) is 41.2 Å². The Hall–Kier alpha value is -3.16. The molecule has 0 fully saturated rings. The van der Waals surface area contributed by atoms with E-state index in [9.17, 15) is 24.8 Å². The van der Waals surface area contributed by atoms with E-state index in [0.29, 0.717) is 5.56 Å². The molecule has 1 heterocycles. The van der Waals surface area contributed by atoms with Gasteiger partial charge in [-0.05, 0) is 5.56 Å². The van der Waals surface area contributed by atoms with E-state index >= 15 is 0 Å². The molecule has 114 valence electrons. The first-order valence-corrected chi connectivity index (χ1v) is 6.29. The summed E-state index contributed by atoms with van der Waals surface area (Å²) in [6, 6.07) is 8.07. The third-order valence-corrected chi connectivity index (χ3v) is 2.99. The highest BCUT2D eigenvalue weighted by Crippen LogP contribution is 2.14. The molecule has 0 aliphatic heterocycles. The lowest BCUT2D eigenvalue weighted by Crippen LogP contribution is -2.27. The van der Waals surface area contributed by atoms with E-state index in [2.05, 4.69) is 4.98 Å². The minimum absolute atomic E-state index is 0.0303. The van der Waals surface area contributed by atoms with E-state index in [-0.39, 0.29) is 23.7 Å². The molecule has 0 unspecified atom stereocenters. The molecular formula is C14H13N3O5. The number of aromatic nitrogens is 1. The van der Waals surface area contributed by atoms with Crippen molar-refractivity contribution in [2.45, 2.75) is 6.54 Å². The van der Waals surface area contributed by atoms with Crippen LogP contribution >= 0.6 is 0 Å². The summed E-state index contributed by atoms with van der Waals surface area (Å²) in [6.07, 6.45) is 0. The number of benzene rings is 1. The van der Waals surface area contributed by atoms with Crippen LogP contribution < -0.4 is 5.56 Å². The number of aromatic amines is 1. The van der Waals surface area contributed by atoms with E-state index in [4.69, 9.17) is 0 Å². The molecule has 0 aliphatic rings. The fourth-order valence-corrected chi connectivity index (χ4v) is 1.94. The first-order valence-electron chi connectivity index (χ1n) is 6.29. The second-order valence-corrected chi connectivity index (χ2v) is 4.70. The number of carbonyl (C=O) groups excluding carboxylic acids is 1. The number of H-pyrrole nitrogens is 1. The van der Waals surface area contributed by atoms with Crippen molar-refractivity contribution in [3.8, 4) is 5.88 Å². The highest BCUT2D eigenvalue weighted by atomic mass is 16.6. The average Bonchev–Trinajstić information content (AvgIpc) is 2.46. The van der Waals surface area contributed by atoms with Crippen molar-refractivity contribution in [1.29, 1.82) is 0 Å². The van der Waals surface area contributed by atoms with Crippen LogP contribution in [0.5, 0.6) is 5.88 Å². The Morgan fingerprint density at radius 1 is 1.32 bits per heavy atom. The molecule has 2 aromatic rings. The van der Waals surface area contributed by atoms with Gasteiger partial charge in [0, 0.05) is 37.9 Å². The molecule has 0 spiro atoms. The molecule has 0 aliphatic carbocycles. The predicted octanol–water partition coefficient (Wildman–Crippen LogP) is 1.26. The van der Waals surface area contributed by atoms with Gasteiger partial charge >= 0.3 is 0 Å². The summed E-state index contributed by atoms with van der Waals surface area (Å²) in [5.74, 6) is -0.834. The van der Waals surface area contributed by atoms with E-state index in [0.717, 1.165) is 12.1 Å². The molecule has 22 heavy (non-hydrogen) atoms. The van der Waals surface area contributed by atoms with Crippen LogP contribution in [0.4, 0.5) is 5.69 Å². The van der Waals surface area contributed by atoms with Crippen molar-refractivity contribution in [3.05, 3.63) is 68.0 Å². The quantitative estimate of drug-likeness (QED) is 0.651. The normalized spacial score (nSPS) is 10.2. The molecule has 8 nitrogen and oxygen atoms in total. The van der Waals surface area contributed by atoms with Crippen LogP contribution in [0, 0.1) is 10.1 Å². The number of carbonyl (C=O) groups is 1. The van der Waals surface area contributed by atoms with Crippen LogP contribution in [0.25, 0.3) is 0 Å². The zero-order valence-corrected chi connectivity index (χ0v) is 11.6. The van der Waals surface area contributed by atoms with Crippen molar-refractivity contribution >= 4 is 11.6 Å². The largest absolute Gasteiger partial charge is 0.494 e. The molecule has 1 aromatic carbocycles. The molecule has 1 amide bonds. The number of amides is 1. The van der Waals surface area contributed by atoms with Crippen molar-refractivity contribution in [1.82, 2.24) is 9.88 Å². The number of hydrogen-bond donors (Lipinski definition) is 2. The summed E-state index contributed by atoms with van der Waals surface area (Å²) >= 11 is 0. The molecule has 0 bridgehead atoms. The maximum Gasteiger partial charge on any atom is 0.269 e. The monoisotopic (exact) mass is 303 g/mol. The van der Waals surface area contributed by atoms with Gasteiger partial charge in [-0.25, -0.2) is 0 Å². The van der Waals surface area contributed by atoms with Crippen LogP contribution in [-0.4, -0.2) is 32.9 Å². The Balaban J connectivity index is 2.14. The standard InChI is InChI=1S/C14H13N3O5/c1-16(8-9-2-4-11(5-3-9)17(21)22)14(20)10-6-12(18)15-13(19)7-10/h2-7H,8H2,1H3,(H2,15,18,19). The number of rotatable bonds is 4. The lowest BCUT2D eigenvalue weighted by molar-refractivity contribution is -0.384. The van der Waals surface area contributed by atoms with Gasteiger partial charge in [0.15, 0.2) is 5.88 Å². The Kier molecular flexibility index (Phi) is 4.21. The third kappa shape index (κ3) is 3.48. The van der Waals surface area contributed by atoms with Gasteiger partial charge in [0.2, 0.25) is 0 Å². The average molecular weight is 303 g/mol. The number of hydrogen-bond acceptors (Lipinski definition) is 5. The zero-order chi connectivity index (χ0) is 16.3. The number of non-ortho nitro benzene ring substituents is 1. The Morgan fingerprint density at radius 2 is 1.95 bits per heavy atom. The van der Waals surface area contributed by atoms with E-state index in [1.807, 2.05) is 0 Å². The highest BCUT2D eigenvalue weighted by molar-refractivity contribution is 5.94. The lowest BCUT2D eigenvalue weighted by atomic mass is 10.1. The van der Waals surface area contributed by atoms with Crippen LogP contribution in [0.3, 0.4) is 0 Å². The summed E-state index contributed by atoms with van der Waals surface area (Å²) in [5, 5.41) is 19.9. The van der Waals surface area contributed by atoms with E-state index in [1.54, 1.807) is 12.1 Å². The molecule has 0 saturated heterocycles. The van der Waals surface area contributed by atoms with Crippen molar-refractivity contribution in [2.24, 2.45) is 0 Å². The number of aromatic hydroxyl groups is 1. The van der Waals surface area contributed by atoms with Crippen LogP contribution in [0.2, 0.25) is 0 Å². The van der Waals surface area contributed by atoms with Gasteiger partial charge in [-0.3, -0.25) is 24.7 Å². The number of nitro benzene ring substituents is 1. The molecule has 8 heteroatoms. The summed E-state index contributed by atoms with van der Waals surface area (Å²) < 4.78 is 0. The molecule has 2 N–H and O–H groups in total. The van der Waals surface area contributed by atoms with Gasteiger partial charge in [-0.1, -0.05) is 12.1 Å². The number of nitrogens with zero attached hydrogens (tertiary/aromatic N) is 2. The summed E-state index contributed by atoms with van der Waals surface area (Å²) in [7, 11) is 1.53. The van der Waals surface area contributed by atoms with E-state index < -0.39 is 16.4 Å². The minimum atomic E-state index is -0.577.